The lowest BCUT2D eigenvalue weighted by Crippen LogP contribution is -2.27. The van der Waals surface area contributed by atoms with E-state index in [4.69, 9.17) is 14.5 Å². The van der Waals surface area contributed by atoms with Crippen LogP contribution in [0.3, 0.4) is 0 Å². The van der Waals surface area contributed by atoms with Crippen molar-refractivity contribution in [2.45, 2.75) is 59.7 Å². The molecule has 1 aromatic heterocycles. The number of nitrogens with zero attached hydrogens (tertiary/aromatic N) is 1. The number of pyridine rings is 1. The van der Waals surface area contributed by atoms with Gasteiger partial charge in [0.05, 0.1) is 17.7 Å². The molecule has 1 aliphatic heterocycles. The Labute approximate surface area is 200 Å². The Morgan fingerprint density at radius 3 is 2.59 bits per heavy atom. The van der Waals surface area contributed by atoms with Crippen molar-refractivity contribution in [3.63, 3.8) is 0 Å². The van der Waals surface area contributed by atoms with Gasteiger partial charge < -0.3 is 9.47 Å². The van der Waals surface area contributed by atoms with E-state index in [9.17, 15) is 4.79 Å². The van der Waals surface area contributed by atoms with Crippen LogP contribution in [-0.4, -0.2) is 23.0 Å². The third-order valence-electron chi connectivity index (χ3n) is 6.59. The van der Waals surface area contributed by atoms with Crippen LogP contribution in [0.4, 0.5) is 0 Å². The lowest BCUT2D eigenvalue weighted by atomic mass is 9.84. The topological polar surface area (TPSA) is 48.4 Å². The van der Waals surface area contributed by atoms with E-state index in [0.717, 1.165) is 50.7 Å². The molecule has 4 heteroatoms. The number of ether oxygens (including phenoxy) is 2. The zero-order chi connectivity index (χ0) is 24.2. The lowest BCUT2D eigenvalue weighted by Gasteiger charge is -2.30. The monoisotopic (exact) mass is 453 g/mol. The van der Waals surface area contributed by atoms with Crippen molar-refractivity contribution >= 4 is 27.5 Å². The SMILES string of the molecule is CC(=O)[C@@H](OC(C)(C)C)c1c(C)cc2c(C)cccc2c1-c1ccc2c3c(ccnc13)CCO2. The summed E-state index contributed by atoms with van der Waals surface area (Å²) in [5.41, 5.74) is 6.85. The summed E-state index contributed by atoms with van der Waals surface area (Å²) in [6, 6.07) is 14.8. The number of ketones is 1. The van der Waals surface area contributed by atoms with Crippen molar-refractivity contribution in [1.29, 1.82) is 0 Å². The Hall–Kier alpha value is -3.24. The van der Waals surface area contributed by atoms with E-state index >= 15 is 0 Å². The van der Waals surface area contributed by atoms with Crippen LogP contribution in [0.15, 0.2) is 48.7 Å². The highest BCUT2D eigenvalue weighted by Gasteiger charge is 2.31. The molecule has 0 saturated carbocycles. The maximum atomic E-state index is 13.0. The van der Waals surface area contributed by atoms with E-state index in [2.05, 4.69) is 50.2 Å². The highest BCUT2D eigenvalue weighted by Crippen LogP contribution is 2.45. The first-order valence-electron chi connectivity index (χ1n) is 11.9. The van der Waals surface area contributed by atoms with Gasteiger partial charge in [0.1, 0.15) is 11.9 Å². The Morgan fingerprint density at radius 2 is 1.85 bits per heavy atom. The van der Waals surface area contributed by atoms with Gasteiger partial charge in [-0.05, 0) is 98.3 Å². The maximum Gasteiger partial charge on any atom is 0.163 e. The summed E-state index contributed by atoms with van der Waals surface area (Å²) in [5, 5.41) is 3.34. The number of aromatic nitrogens is 1. The van der Waals surface area contributed by atoms with Crippen molar-refractivity contribution in [2.24, 2.45) is 0 Å². The molecule has 1 aliphatic rings. The Morgan fingerprint density at radius 1 is 1.06 bits per heavy atom. The lowest BCUT2D eigenvalue weighted by molar-refractivity contribution is -0.138. The molecule has 5 rings (SSSR count). The molecule has 0 amide bonds. The van der Waals surface area contributed by atoms with Crippen molar-refractivity contribution in [3.05, 3.63) is 70.9 Å². The fourth-order valence-electron chi connectivity index (χ4n) is 5.16. The molecule has 3 aromatic carbocycles. The highest BCUT2D eigenvalue weighted by atomic mass is 16.5. The van der Waals surface area contributed by atoms with E-state index in [0.29, 0.717) is 6.61 Å². The molecule has 0 unspecified atom stereocenters. The molecular formula is C30H31NO3. The molecule has 0 aliphatic carbocycles. The second kappa shape index (κ2) is 8.21. The van der Waals surface area contributed by atoms with Gasteiger partial charge in [-0.2, -0.15) is 0 Å². The summed E-state index contributed by atoms with van der Waals surface area (Å²) in [6.07, 6.45) is 2.06. The van der Waals surface area contributed by atoms with Gasteiger partial charge in [-0.15, -0.1) is 0 Å². The summed E-state index contributed by atoms with van der Waals surface area (Å²) < 4.78 is 12.4. The molecule has 0 N–H and O–H groups in total. The normalized spacial score (nSPS) is 14.3. The Balaban J connectivity index is 1.93. The van der Waals surface area contributed by atoms with E-state index in [1.54, 1.807) is 6.92 Å². The van der Waals surface area contributed by atoms with Crippen LogP contribution in [0, 0.1) is 13.8 Å². The summed E-state index contributed by atoms with van der Waals surface area (Å²) in [7, 11) is 0. The fraction of sp³-hybridized carbons (Fsp3) is 0.333. The van der Waals surface area contributed by atoms with E-state index in [1.165, 1.54) is 16.5 Å². The molecule has 0 bridgehead atoms. The first-order valence-corrected chi connectivity index (χ1v) is 11.9. The molecule has 174 valence electrons. The Kier molecular flexibility index (Phi) is 5.44. The number of rotatable bonds is 4. The van der Waals surface area contributed by atoms with Crippen molar-refractivity contribution in [3.8, 4) is 16.9 Å². The average molecular weight is 454 g/mol. The van der Waals surface area contributed by atoms with Gasteiger partial charge >= 0.3 is 0 Å². The second-order valence-corrected chi connectivity index (χ2v) is 10.3. The number of hydrogen-bond donors (Lipinski definition) is 0. The van der Waals surface area contributed by atoms with Crippen LogP contribution in [0.25, 0.3) is 32.8 Å². The number of carbonyl (C=O) groups excluding carboxylic acids is 1. The number of carbonyl (C=O) groups is 1. The molecule has 0 fully saturated rings. The first-order chi connectivity index (χ1) is 16.2. The average Bonchev–Trinajstić information content (AvgIpc) is 2.78. The minimum absolute atomic E-state index is 0.00898. The van der Waals surface area contributed by atoms with Crippen molar-refractivity contribution in [2.75, 3.05) is 6.61 Å². The second-order valence-electron chi connectivity index (χ2n) is 10.3. The smallest absolute Gasteiger partial charge is 0.163 e. The van der Waals surface area contributed by atoms with E-state index in [1.807, 2.05) is 33.0 Å². The Bertz CT molecular complexity index is 1440. The predicted octanol–water partition coefficient (Wildman–Crippen LogP) is 7.05. The van der Waals surface area contributed by atoms with Crippen LogP contribution >= 0.6 is 0 Å². The fourth-order valence-corrected chi connectivity index (χ4v) is 5.16. The zero-order valence-electron chi connectivity index (χ0n) is 20.8. The third-order valence-corrected chi connectivity index (χ3v) is 6.59. The predicted molar refractivity (Wildman–Crippen MR) is 138 cm³/mol. The third kappa shape index (κ3) is 3.76. The molecule has 1 atom stereocenters. The van der Waals surface area contributed by atoms with E-state index in [-0.39, 0.29) is 5.78 Å². The van der Waals surface area contributed by atoms with Gasteiger partial charge in [-0.3, -0.25) is 9.78 Å². The van der Waals surface area contributed by atoms with Gasteiger partial charge in [0, 0.05) is 23.6 Å². The number of hydrogen-bond acceptors (Lipinski definition) is 4. The molecule has 0 spiro atoms. The van der Waals surface area contributed by atoms with Crippen LogP contribution in [0.2, 0.25) is 0 Å². The van der Waals surface area contributed by atoms with Gasteiger partial charge in [0.15, 0.2) is 5.78 Å². The molecule has 4 nitrogen and oxygen atoms in total. The standard InChI is InChI=1S/C30H31NO3/c1-17-8-7-9-21-23(17)16-18(2)25(29(19(3)32)34-30(4,5)6)27(21)22-10-11-24-26-20(13-15-33-24)12-14-31-28(22)26/h7-12,14,16,29H,13,15H2,1-6H3/t29-/m1/s1. The molecule has 34 heavy (non-hydrogen) atoms. The highest BCUT2D eigenvalue weighted by molar-refractivity contribution is 6.09. The maximum absolute atomic E-state index is 13.0. The number of fused-ring (bicyclic) bond motifs is 1. The molecular weight excluding hydrogens is 422 g/mol. The molecule has 4 aromatic rings. The van der Waals surface area contributed by atoms with Crippen LogP contribution in [-0.2, 0) is 16.0 Å². The minimum atomic E-state index is -0.679. The van der Waals surface area contributed by atoms with Crippen LogP contribution in [0.5, 0.6) is 5.75 Å². The summed E-state index contributed by atoms with van der Waals surface area (Å²) >= 11 is 0. The summed E-state index contributed by atoms with van der Waals surface area (Å²) in [5.74, 6) is 0.863. The zero-order valence-corrected chi connectivity index (χ0v) is 20.8. The van der Waals surface area contributed by atoms with Gasteiger partial charge in [0.2, 0.25) is 0 Å². The largest absolute Gasteiger partial charge is 0.493 e. The van der Waals surface area contributed by atoms with Gasteiger partial charge in [-0.1, -0.05) is 24.3 Å². The summed E-state index contributed by atoms with van der Waals surface area (Å²) in [4.78, 5) is 17.9. The number of Topliss-reactive ketones (excluding diaryl/α,β-unsaturated/α-hetero) is 1. The molecule has 2 heterocycles. The van der Waals surface area contributed by atoms with Crippen LogP contribution < -0.4 is 4.74 Å². The number of benzene rings is 3. The van der Waals surface area contributed by atoms with Gasteiger partial charge in [0.25, 0.3) is 0 Å². The van der Waals surface area contributed by atoms with E-state index < -0.39 is 11.7 Å². The minimum Gasteiger partial charge on any atom is -0.493 e. The van der Waals surface area contributed by atoms with Gasteiger partial charge in [-0.25, -0.2) is 0 Å². The quantitative estimate of drug-likeness (QED) is 0.332. The molecule has 0 radical (unpaired) electrons. The molecule has 0 saturated heterocycles. The van der Waals surface area contributed by atoms with Crippen LogP contribution in [0.1, 0.15) is 56.1 Å². The first kappa shape index (κ1) is 22.5. The summed E-state index contributed by atoms with van der Waals surface area (Å²) in [6.45, 7) is 12.5. The number of aryl methyl sites for hydroxylation is 2. The van der Waals surface area contributed by atoms with Crippen molar-refractivity contribution in [1.82, 2.24) is 4.98 Å². The van der Waals surface area contributed by atoms with Crippen molar-refractivity contribution < 1.29 is 14.3 Å².